The monoisotopic (exact) mass is 813 g/mol. The predicted molar refractivity (Wildman–Crippen MR) is 227 cm³/mol. The molecule has 0 amide bonds. The molecule has 9 N–H and O–H groups in total. The molecule has 326 valence electrons. The van der Waals surface area contributed by atoms with Gasteiger partial charge in [0.05, 0.1) is 24.4 Å². The van der Waals surface area contributed by atoms with Gasteiger partial charge < -0.3 is 46.0 Å². The first-order valence-corrected chi connectivity index (χ1v) is 21.3. The number of terminal acetylenes is 1. The van der Waals surface area contributed by atoms with Crippen LogP contribution in [0.25, 0.3) is 0 Å². The summed E-state index contributed by atoms with van der Waals surface area (Å²) in [4.78, 5) is 22.6. The van der Waals surface area contributed by atoms with E-state index in [1.165, 1.54) is 44.3 Å². The Bertz CT molecular complexity index is 1370. The third-order valence-corrected chi connectivity index (χ3v) is 9.50. The fourth-order valence-corrected chi connectivity index (χ4v) is 6.01. The van der Waals surface area contributed by atoms with Crippen LogP contribution in [0.3, 0.4) is 0 Å². The molecule has 0 aromatic carbocycles. The summed E-state index contributed by atoms with van der Waals surface area (Å²) in [5, 5.41) is 87.3. The molecule has 0 heterocycles. The molecule has 0 fully saturated rings. The molecule has 8 unspecified atom stereocenters. The molecular weight excluding hydrogens is 741 g/mol. The van der Waals surface area contributed by atoms with Gasteiger partial charge in [-0.3, -0.25) is 4.79 Å². The number of carbonyl (C=O) groups is 2. The zero-order valence-electron chi connectivity index (χ0n) is 34.5. The van der Waals surface area contributed by atoms with Gasteiger partial charge in [0.25, 0.3) is 0 Å². The molecule has 0 aliphatic heterocycles. The maximum atomic E-state index is 12.2. The second kappa shape index (κ2) is 37.8. The van der Waals surface area contributed by atoms with Crippen LogP contribution in [-0.2, 0) is 9.59 Å². The normalized spacial score (nSPS) is 15.4. The van der Waals surface area contributed by atoms with Crippen molar-refractivity contribution in [2.45, 2.75) is 209 Å². The Balaban J connectivity index is 3.77. The van der Waals surface area contributed by atoms with Crippen molar-refractivity contribution in [3.8, 4) is 47.9 Å². The molecule has 0 saturated carbocycles. The highest BCUT2D eigenvalue weighted by Gasteiger charge is 2.13. The summed E-state index contributed by atoms with van der Waals surface area (Å²) in [6.45, 7) is 0. The van der Waals surface area contributed by atoms with Gasteiger partial charge in [0.2, 0.25) is 0 Å². The first-order chi connectivity index (χ1) is 27.8. The van der Waals surface area contributed by atoms with Gasteiger partial charge in [-0.05, 0) is 76.7 Å². The van der Waals surface area contributed by atoms with Crippen LogP contribution in [-0.4, -0.2) is 107 Å². The van der Waals surface area contributed by atoms with E-state index in [1.807, 2.05) is 12.0 Å². The first kappa shape index (κ1) is 54.5. The van der Waals surface area contributed by atoms with Crippen LogP contribution in [0.2, 0.25) is 0 Å². The number of allylic oxidation sites excluding steroid dienone is 1. The van der Waals surface area contributed by atoms with E-state index in [4.69, 9.17) is 11.5 Å². The topological polar surface area (TPSA) is 216 Å². The van der Waals surface area contributed by atoms with Crippen molar-refractivity contribution >= 4 is 11.8 Å². The van der Waals surface area contributed by atoms with Crippen LogP contribution < -0.4 is 0 Å². The highest BCUT2D eigenvalue weighted by molar-refractivity contribution is 5.86. The molecule has 11 heteroatoms. The molecular formula is C47H72O11. The fraction of sp³-hybridized carbons (Fsp3) is 0.702. The summed E-state index contributed by atoms with van der Waals surface area (Å²) < 4.78 is 0. The highest BCUT2D eigenvalue weighted by atomic mass is 16.4. The number of carboxylic acid groups (broad SMARTS) is 1. The maximum Gasteiger partial charge on any atom is 0.381 e. The lowest BCUT2D eigenvalue weighted by atomic mass is 10.0. The SMILES string of the molecule is C#CC(O)/C=C/C(O)CCCC(O)CC#CC(O)C#CC(O)CCCC(=O)CCCC/C=C/CC(O)CCCCCCCCCCCCCC(O)C(O)C#CC(=O)O. The zero-order valence-corrected chi connectivity index (χ0v) is 34.5. The lowest BCUT2D eigenvalue weighted by Crippen LogP contribution is -2.24. The molecule has 0 aromatic heterocycles. The van der Waals surface area contributed by atoms with Crippen LogP contribution >= 0.6 is 0 Å². The van der Waals surface area contributed by atoms with Crippen LogP contribution in [0, 0.1) is 47.9 Å². The third-order valence-electron chi connectivity index (χ3n) is 9.50. The standard InChI is InChI=1S/C47H72O11/c1-2-38(48)32-33-42(52)28-20-26-41(51)27-21-30-44(54)35-34-43(53)29-19-25-40(50)24-17-13-10-12-16-23-39(49)22-15-11-8-6-4-3-5-7-9-14-18-31-45(55)46(56)36-37-47(57)58/h1,12,16,32-33,38-39,41-46,48-49,51-56H,3-11,13-15,17-20,22-29,31H2,(H,57,58)/b16-12+,33-32+. The van der Waals surface area contributed by atoms with Crippen LogP contribution in [0.4, 0.5) is 0 Å². The molecule has 0 spiro atoms. The van der Waals surface area contributed by atoms with Crippen molar-refractivity contribution in [3.63, 3.8) is 0 Å². The van der Waals surface area contributed by atoms with Crippen LogP contribution in [0.5, 0.6) is 0 Å². The Morgan fingerprint density at radius 3 is 1.81 bits per heavy atom. The number of rotatable bonds is 33. The number of hydrogen-bond donors (Lipinski definition) is 9. The van der Waals surface area contributed by atoms with E-state index in [1.54, 1.807) is 0 Å². The van der Waals surface area contributed by atoms with Crippen molar-refractivity contribution in [1.82, 2.24) is 0 Å². The quantitative estimate of drug-likeness (QED) is 0.0243. The Hall–Kier alpha value is -3.46. The first-order valence-electron chi connectivity index (χ1n) is 21.3. The molecule has 0 saturated heterocycles. The van der Waals surface area contributed by atoms with Gasteiger partial charge in [0.15, 0.2) is 6.10 Å². The van der Waals surface area contributed by atoms with Gasteiger partial charge in [-0.25, -0.2) is 4.79 Å². The molecule has 0 aromatic rings. The zero-order chi connectivity index (χ0) is 43.2. The Morgan fingerprint density at radius 2 is 1.17 bits per heavy atom. The maximum absolute atomic E-state index is 12.2. The van der Waals surface area contributed by atoms with Crippen molar-refractivity contribution in [3.05, 3.63) is 24.3 Å². The second-order valence-corrected chi connectivity index (χ2v) is 15.0. The summed E-state index contributed by atoms with van der Waals surface area (Å²) in [6.07, 6.45) is 24.0. The minimum absolute atomic E-state index is 0.128. The minimum atomic E-state index is -1.32. The minimum Gasteiger partial charge on any atom is -0.472 e. The summed E-state index contributed by atoms with van der Waals surface area (Å²) in [5.74, 6) is 15.1. The number of carboxylic acids is 1. The number of Topliss-reactive ketones (excluding diaryl/α,β-unsaturated/α-hetero) is 1. The summed E-state index contributed by atoms with van der Waals surface area (Å²) in [5.41, 5.74) is 0. The van der Waals surface area contributed by atoms with Crippen molar-refractivity contribution < 1.29 is 55.5 Å². The van der Waals surface area contributed by atoms with Crippen LogP contribution in [0.1, 0.15) is 161 Å². The number of aliphatic hydroxyl groups excluding tert-OH is 8. The molecule has 58 heavy (non-hydrogen) atoms. The molecule has 0 radical (unpaired) electrons. The molecule has 0 aliphatic carbocycles. The van der Waals surface area contributed by atoms with Crippen molar-refractivity contribution in [1.29, 1.82) is 0 Å². The largest absolute Gasteiger partial charge is 0.472 e. The third kappa shape index (κ3) is 36.9. The molecule has 0 rings (SSSR count). The van der Waals surface area contributed by atoms with E-state index >= 15 is 0 Å². The van der Waals surface area contributed by atoms with Crippen molar-refractivity contribution in [2.24, 2.45) is 0 Å². The van der Waals surface area contributed by atoms with E-state index in [-0.39, 0.29) is 18.3 Å². The van der Waals surface area contributed by atoms with Crippen LogP contribution in [0.15, 0.2) is 24.3 Å². The van der Waals surface area contributed by atoms with E-state index < -0.39 is 48.7 Å². The van der Waals surface area contributed by atoms with E-state index in [0.717, 1.165) is 64.2 Å². The number of hydrogen-bond acceptors (Lipinski definition) is 10. The lowest BCUT2D eigenvalue weighted by Gasteiger charge is -2.12. The average Bonchev–Trinajstić information content (AvgIpc) is 3.19. The smallest absolute Gasteiger partial charge is 0.381 e. The molecule has 8 atom stereocenters. The van der Waals surface area contributed by atoms with Gasteiger partial charge in [-0.15, -0.1) is 6.42 Å². The summed E-state index contributed by atoms with van der Waals surface area (Å²) in [6, 6.07) is 0. The van der Waals surface area contributed by atoms with Gasteiger partial charge in [0, 0.05) is 25.2 Å². The molecule has 0 bridgehead atoms. The Labute approximate surface area is 348 Å². The predicted octanol–water partition coefficient (Wildman–Crippen LogP) is 5.04. The summed E-state index contributed by atoms with van der Waals surface area (Å²) in [7, 11) is 0. The lowest BCUT2D eigenvalue weighted by molar-refractivity contribution is -0.130. The second-order valence-electron chi connectivity index (χ2n) is 15.0. The molecule has 11 nitrogen and oxygen atoms in total. The number of carbonyl (C=O) groups excluding carboxylic acids is 1. The Kier molecular flexibility index (Phi) is 35.5. The molecule has 0 aliphatic rings. The van der Waals surface area contributed by atoms with Gasteiger partial charge in [0.1, 0.15) is 24.1 Å². The van der Waals surface area contributed by atoms with Gasteiger partial charge >= 0.3 is 5.97 Å². The highest BCUT2D eigenvalue weighted by Crippen LogP contribution is 2.15. The van der Waals surface area contributed by atoms with E-state index in [0.29, 0.717) is 57.8 Å². The number of unbranched alkanes of at least 4 members (excludes halogenated alkanes) is 12. The van der Waals surface area contributed by atoms with Gasteiger partial charge in [-0.2, -0.15) is 0 Å². The average molecular weight is 813 g/mol. The Morgan fingerprint density at radius 1 is 0.569 bits per heavy atom. The number of aliphatic hydroxyl groups is 8. The summed E-state index contributed by atoms with van der Waals surface area (Å²) >= 11 is 0. The number of aliphatic carboxylic acids is 1. The number of ketones is 1. The van der Waals surface area contributed by atoms with E-state index in [2.05, 4.69) is 41.6 Å². The van der Waals surface area contributed by atoms with Crippen molar-refractivity contribution in [2.75, 3.05) is 0 Å². The van der Waals surface area contributed by atoms with E-state index in [9.17, 15) is 50.4 Å². The fourth-order valence-electron chi connectivity index (χ4n) is 6.01. The van der Waals surface area contributed by atoms with Gasteiger partial charge in [-0.1, -0.05) is 124 Å².